The van der Waals surface area contributed by atoms with E-state index in [1.54, 1.807) is 31.2 Å². The van der Waals surface area contributed by atoms with Crippen molar-refractivity contribution >= 4 is 23.7 Å². The molecule has 1 fully saturated rings. The smallest absolute Gasteiger partial charge is 0.434 e. The van der Waals surface area contributed by atoms with Gasteiger partial charge >= 0.3 is 6.16 Å². The average molecular weight is 451 g/mol. The third-order valence-electron chi connectivity index (χ3n) is 5.47. The van der Waals surface area contributed by atoms with E-state index in [0.717, 1.165) is 18.4 Å². The molecular weight excluding hydrogens is 420 g/mol. The number of hydrogen-bond acceptors (Lipinski definition) is 5. The highest BCUT2D eigenvalue weighted by atomic mass is 16.7. The zero-order valence-electron chi connectivity index (χ0n) is 18.8. The Kier molecular flexibility index (Phi) is 9.06. The van der Waals surface area contributed by atoms with Crippen molar-refractivity contribution in [1.82, 2.24) is 5.32 Å². The monoisotopic (exact) mass is 450 g/mol. The minimum atomic E-state index is -0.792. The van der Waals surface area contributed by atoms with Gasteiger partial charge in [-0.15, -0.1) is 0 Å². The number of amides is 2. The molecule has 0 radical (unpaired) electrons. The molecule has 0 saturated heterocycles. The first-order valence-corrected chi connectivity index (χ1v) is 11.3. The molecule has 1 aliphatic carbocycles. The maximum absolute atomic E-state index is 12.7. The molecule has 0 spiro atoms. The van der Waals surface area contributed by atoms with Crippen LogP contribution in [0.15, 0.2) is 60.7 Å². The molecule has 33 heavy (non-hydrogen) atoms. The van der Waals surface area contributed by atoms with Gasteiger partial charge in [0.1, 0.15) is 5.75 Å². The lowest BCUT2D eigenvalue weighted by atomic mass is 9.89. The summed E-state index contributed by atoms with van der Waals surface area (Å²) in [5.41, 5.74) is 1.82. The highest BCUT2D eigenvalue weighted by molar-refractivity contribution is 6.04. The van der Waals surface area contributed by atoms with Gasteiger partial charge in [-0.05, 0) is 67.7 Å². The van der Waals surface area contributed by atoms with Crippen LogP contribution in [0.2, 0.25) is 0 Å². The van der Waals surface area contributed by atoms with Crippen molar-refractivity contribution in [2.75, 3.05) is 11.9 Å². The third-order valence-corrected chi connectivity index (χ3v) is 5.47. The van der Waals surface area contributed by atoms with Crippen LogP contribution in [0.25, 0.3) is 0 Å². The van der Waals surface area contributed by atoms with Gasteiger partial charge in [0.2, 0.25) is 5.91 Å². The molecule has 0 aliphatic heterocycles. The van der Waals surface area contributed by atoms with Crippen molar-refractivity contribution in [3.63, 3.8) is 0 Å². The van der Waals surface area contributed by atoms with Crippen LogP contribution >= 0.6 is 0 Å². The van der Waals surface area contributed by atoms with Crippen LogP contribution in [-0.4, -0.2) is 24.6 Å². The summed E-state index contributed by atoms with van der Waals surface area (Å²) in [5.74, 6) is 0.326. The van der Waals surface area contributed by atoms with E-state index in [1.165, 1.54) is 31.4 Å². The van der Waals surface area contributed by atoms with Crippen molar-refractivity contribution in [2.45, 2.75) is 45.6 Å². The van der Waals surface area contributed by atoms with Crippen molar-refractivity contribution in [3.8, 4) is 5.75 Å². The second-order valence-corrected chi connectivity index (χ2v) is 7.90. The molecule has 0 aromatic heterocycles. The summed E-state index contributed by atoms with van der Waals surface area (Å²) >= 11 is 0. The lowest BCUT2D eigenvalue weighted by Gasteiger charge is -2.17. The van der Waals surface area contributed by atoms with Crippen LogP contribution in [-0.2, 0) is 16.1 Å². The normalized spacial score (nSPS) is 14.0. The Labute approximate surface area is 194 Å². The molecule has 7 nitrogen and oxygen atoms in total. The Morgan fingerprint density at radius 2 is 1.73 bits per heavy atom. The first-order valence-electron chi connectivity index (χ1n) is 11.3. The summed E-state index contributed by atoms with van der Waals surface area (Å²) < 4.78 is 9.73. The topological polar surface area (TPSA) is 93.7 Å². The fourth-order valence-corrected chi connectivity index (χ4v) is 3.70. The average Bonchev–Trinajstić information content (AvgIpc) is 2.83. The maximum atomic E-state index is 12.7. The van der Waals surface area contributed by atoms with E-state index in [0.29, 0.717) is 23.7 Å². The first-order chi connectivity index (χ1) is 16.0. The molecule has 0 unspecified atom stereocenters. The van der Waals surface area contributed by atoms with Gasteiger partial charge in [-0.3, -0.25) is 9.59 Å². The molecule has 2 aromatic carbocycles. The van der Waals surface area contributed by atoms with E-state index >= 15 is 0 Å². The van der Waals surface area contributed by atoms with Gasteiger partial charge < -0.3 is 20.1 Å². The molecule has 7 heteroatoms. The highest BCUT2D eigenvalue weighted by Crippen LogP contribution is 2.24. The van der Waals surface area contributed by atoms with Gasteiger partial charge in [0.05, 0.1) is 6.61 Å². The van der Waals surface area contributed by atoms with E-state index in [2.05, 4.69) is 10.6 Å². The molecule has 2 aromatic rings. The minimum absolute atomic E-state index is 0.140. The largest absolute Gasteiger partial charge is 0.513 e. The quantitative estimate of drug-likeness (QED) is 0.326. The molecule has 1 aliphatic rings. The molecular formula is C26H30N2O5. The number of anilines is 1. The highest BCUT2D eigenvalue weighted by Gasteiger charge is 2.12. The molecule has 2 N–H and O–H groups in total. The predicted molar refractivity (Wildman–Crippen MR) is 126 cm³/mol. The summed E-state index contributed by atoms with van der Waals surface area (Å²) in [7, 11) is 0. The van der Waals surface area contributed by atoms with Gasteiger partial charge in [-0.1, -0.05) is 43.5 Å². The van der Waals surface area contributed by atoms with Gasteiger partial charge in [0.25, 0.3) is 5.91 Å². The van der Waals surface area contributed by atoms with E-state index in [9.17, 15) is 14.4 Å². The summed E-state index contributed by atoms with van der Waals surface area (Å²) in [6, 6.07) is 13.5. The fourth-order valence-electron chi connectivity index (χ4n) is 3.70. The van der Waals surface area contributed by atoms with Crippen molar-refractivity contribution in [1.29, 1.82) is 0 Å². The number of para-hydroxylation sites is 1. The standard InChI is InChI=1S/C26H30N2O5/c1-2-32-26(31)33-22-15-13-20(14-16-22)25(30)28-23-11-7-6-10-21(23)18-27-24(29)17-12-19-8-4-3-5-9-19/h6-7,10-17,19H,2-5,8-9,18H2,1H3,(H,27,29)(H,28,30)/b17-12+. The van der Waals surface area contributed by atoms with Crippen molar-refractivity contribution in [2.24, 2.45) is 5.92 Å². The predicted octanol–water partition coefficient (Wildman–Crippen LogP) is 5.23. The third kappa shape index (κ3) is 7.79. The van der Waals surface area contributed by atoms with Gasteiger partial charge in [0, 0.05) is 17.8 Å². The SMILES string of the molecule is CCOC(=O)Oc1ccc(C(=O)Nc2ccccc2CNC(=O)/C=C/C2CCCCC2)cc1. The lowest BCUT2D eigenvalue weighted by Crippen LogP contribution is -2.22. The molecule has 174 valence electrons. The summed E-state index contributed by atoms with van der Waals surface area (Å²) in [6.07, 6.45) is 8.87. The number of ether oxygens (including phenoxy) is 2. The van der Waals surface area contributed by atoms with Gasteiger partial charge in [0.15, 0.2) is 0 Å². The van der Waals surface area contributed by atoms with Gasteiger partial charge in [-0.2, -0.15) is 0 Å². The Morgan fingerprint density at radius 3 is 2.45 bits per heavy atom. The minimum Gasteiger partial charge on any atom is -0.434 e. The van der Waals surface area contributed by atoms with Crippen LogP contribution in [0.1, 0.15) is 54.9 Å². The summed E-state index contributed by atoms with van der Waals surface area (Å²) in [6.45, 7) is 2.21. The zero-order valence-corrected chi connectivity index (χ0v) is 18.8. The Bertz CT molecular complexity index is 978. The Hall–Kier alpha value is -3.61. The van der Waals surface area contributed by atoms with Crippen LogP contribution in [0.4, 0.5) is 10.5 Å². The van der Waals surface area contributed by atoms with E-state index in [-0.39, 0.29) is 24.2 Å². The summed E-state index contributed by atoms with van der Waals surface area (Å²) in [4.78, 5) is 36.3. The van der Waals surface area contributed by atoms with E-state index in [4.69, 9.17) is 9.47 Å². The molecule has 1 saturated carbocycles. The van der Waals surface area contributed by atoms with Crippen LogP contribution < -0.4 is 15.4 Å². The Morgan fingerprint density at radius 1 is 1.00 bits per heavy atom. The molecule has 0 bridgehead atoms. The number of benzene rings is 2. The van der Waals surface area contributed by atoms with E-state index < -0.39 is 6.16 Å². The van der Waals surface area contributed by atoms with Crippen LogP contribution in [0.3, 0.4) is 0 Å². The molecule has 0 atom stereocenters. The molecule has 3 rings (SSSR count). The van der Waals surface area contributed by atoms with E-state index in [1.807, 2.05) is 24.3 Å². The number of carbonyl (C=O) groups excluding carboxylic acids is 3. The van der Waals surface area contributed by atoms with Gasteiger partial charge in [-0.25, -0.2) is 4.79 Å². The van der Waals surface area contributed by atoms with Crippen LogP contribution in [0.5, 0.6) is 5.75 Å². The van der Waals surface area contributed by atoms with Crippen molar-refractivity contribution in [3.05, 3.63) is 71.8 Å². The number of nitrogens with one attached hydrogen (secondary N) is 2. The van der Waals surface area contributed by atoms with Crippen LogP contribution in [0, 0.1) is 5.92 Å². The lowest BCUT2D eigenvalue weighted by molar-refractivity contribution is -0.116. The Balaban J connectivity index is 1.55. The second kappa shape index (κ2) is 12.4. The number of rotatable bonds is 8. The number of hydrogen-bond donors (Lipinski definition) is 2. The first kappa shape index (κ1) is 24.0. The second-order valence-electron chi connectivity index (χ2n) is 7.90. The number of carbonyl (C=O) groups is 3. The maximum Gasteiger partial charge on any atom is 0.513 e. The number of allylic oxidation sites excluding steroid dienone is 1. The summed E-state index contributed by atoms with van der Waals surface area (Å²) in [5, 5.41) is 5.76. The zero-order chi connectivity index (χ0) is 23.5. The molecule has 2 amide bonds. The van der Waals surface area contributed by atoms with Crippen molar-refractivity contribution < 1.29 is 23.9 Å². The fraction of sp³-hybridized carbons (Fsp3) is 0.346. The molecule has 0 heterocycles.